The zero-order valence-corrected chi connectivity index (χ0v) is 5.08. The maximum Gasteiger partial charge on any atom is 0.0302 e. The lowest BCUT2D eigenvalue weighted by Gasteiger charge is -2.43. The molecule has 3 aliphatic rings. The van der Waals surface area contributed by atoms with Crippen LogP contribution < -0.4 is 0 Å². The summed E-state index contributed by atoms with van der Waals surface area (Å²) in [6.07, 6.45) is 0. The van der Waals surface area contributed by atoms with E-state index < -0.39 is 0 Å². The van der Waals surface area contributed by atoms with Gasteiger partial charge in [0.25, 0.3) is 0 Å². The van der Waals surface area contributed by atoms with Gasteiger partial charge in [-0.15, -0.1) is 0 Å². The molecule has 1 nitrogen and oxygen atoms in total. The Balaban J connectivity index is 1.99. The van der Waals surface area contributed by atoms with Crippen molar-refractivity contribution in [2.45, 2.75) is 5.25 Å². The molecule has 2 bridgehead atoms. The van der Waals surface area contributed by atoms with Crippen molar-refractivity contribution in [1.82, 2.24) is 4.90 Å². The number of rotatable bonds is 0. The summed E-state index contributed by atoms with van der Waals surface area (Å²) in [6, 6.07) is 0. The predicted octanol–water partition coefficient (Wildman–Crippen LogP) is 0.417. The molecule has 0 spiro atoms. The first kappa shape index (κ1) is 4.21. The second-order valence-electron chi connectivity index (χ2n) is 2.25. The second kappa shape index (κ2) is 1.39. The molecule has 0 aromatic rings. The molecule has 7 heavy (non-hydrogen) atoms. The van der Waals surface area contributed by atoms with Crippen molar-refractivity contribution < 1.29 is 0 Å². The minimum absolute atomic E-state index is 1.02. The smallest absolute Gasteiger partial charge is 0.0302 e. The van der Waals surface area contributed by atoms with Gasteiger partial charge >= 0.3 is 0 Å². The first-order valence-electron chi connectivity index (χ1n) is 2.79. The highest BCUT2D eigenvalue weighted by molar-refractivity contribution is 8.00. The van der Waals surface area contributed by atoms with Crippen LogP contribution in [-0.4, -0.2) is 35.5 Å². The molecular weight excluding hydrogens is 106 g/mol. The molecule has 3 fully saturated rings. The molecule has 0 aromatic heterocycles. The van der Waals surface area contributed by atoms with Gasteiger partial charge in [-0.05, 0) is 0 Å². The van der Waals surface area contributed by atoms with Crippen LogP contribution in [-0.2, 0) is 0 Å². The fourth-order valence-corrected chi connectivity index (χ4v) is 2.49. The Bertz CT molecular complexity index is 64.6. The van der Waals surface area contributed by atoms with E-state index in [2.05, 4.69) is 16.7 Å². The van der Waals surface area contributed by atoms with Gasteiger partial charge in [0.2, 0.25) is 0 Å². The standard InChI is InChI=1S/C5H9NS/c1-2-7-5-3-6(1)4-5/h5H,1-4H2. The van der Waals surface area contributed by atoms with Crippen molar-refractivity contribution in [3.8, 4) is 0 Å². The molecular formula is C5H9NS. The Morgan fingerprint density at radius 1 is 1.43 bits per heavy atom. The summed E-state index contributed by atoms with van der Waals surface area (Å²) in [4.78, 5) is 2.52. The summed E-state index contributed by atoms with van der Waals surface area (Å²) in [5.74, 6) is 1.38. The lowest BCUT2D eigenvalue weighted by Crippen LogP contribution is -2.53. The molecule has 2 heteroatoms. The SMILES string of the molecule is C1CN2CC(C2)S1. The van der Waals surface area contributed by atoms with Crippen molar-refractivity contribution in [1.29, 1.82) is 0 Å². The summed E-state index contributed by atoms with van der Waals surface area (Å²) in [5, 5.41) is 1.02. The van der Waals surface area contributed by atoms with E-state index in [0.29, 0.717) is 0 Å². The average molecular weight is 115 g/mol. The van der Waals surface area contributed by atoms with E-state index >= 15 is 0 Å². The minimum atomic E-state index is 1.02. The molecule has 3 aliphatic heterocycles. The van der Waals surface area contributed by atoms with Crippen molar-refractivity contribution in [2.24, 2.45) is 0 Å². The summed E-state index contributed by atoms with van der Waals surface area (Å²) >= 11 is 2.14. The summed E-state index contributed by atoms with van der Waals surface area (Å²) in [7, 11) is 0. The number of thioether (sulfide) groups is 1. The third-order valence-electron chi connectivity index (χ3n) is 1.68. The second-order valence-corrected chi connectivity index (χ2v) is 3.66. The van der Waals surface area contributed by atoms with Gasteiger partial charge in [-0.2, -0.15) is 11.8 Å². The van der Waals surface area contributed by atoms with Crippen molar-refractivity contribution >= 4 is 11.8 Å². The van der Waals surface area contributed by atoms with E-state index in [9.17, 15) is 0 Å². The highest BCUT2D eigenvalue weighted by Crippen LogP contribution is 2.27. The van der Waals surface area contributed by atoms with Crippen molar-refractivity contribution in [2.75, 3.05) is 25.4 Å². The predicted molar refractivity (Wildman–Crippen MR) is 32.7 cm³/mol. The van der Waals surface area contributed by atoms with Crippen LogP contribution in [0.4, 0.5) is 0 Å². The maximum absolute atomic E-state index is 2.52. The molecule has 0 aromatic carbocycles. The van der Waals surface area contributed by atoms with Crippen LogP contribution in [0.3, 0.4) is 0 Å². The molecule has 0 unspecified atom stereocenters. The monoisotopic (exact) mass is 115 g/mol. The maximum atomic E-state index is 2.52. The van der Waals surface area contributed by atoms with Gasteiger partial charge in [0.15, 0.2) is 0 Å². The number of hydrogen-bond donors (Lipinski definition) is 0. The fraction of sp³-hybridized carbons (Fsp3) is 1.00. The highest BCUT2D eigenvalue weighted by Gasteiger charge is 2.30. The zero-order chi connectivity index (χ0) is 4.69. The van der Waals surface area contributed by atoms with Crippen molar-refractivity contribution in [3.05, 3.63) is 0 Å². The quantitative estimate of drug-likeness (QED) is 0.450. The van der Waals surface area contributed by atoms with Gasteiger partial charge in [0.05, 0.1) is 0 Å². The Kier molecular flexibility index (Phi) is 0.837. The molecule has 0 atom stereocenters. The van der Waals surface area contributed by atoms with Crippen LogP contribution in [0.15, 0.2) is 0 Å². The van der Waals surface area contributed by atoms with Gasteiger partial charge in [-0.1, -0.05) is 0 Å². The molecule has 0 amide bonds. The van der Waals surface area contributed by atoms with Gasteiger partial charge in [-0.25, -0.2) is 0 Å². The van der Waals surface area contributed by atoms with Crippen LogP contribution in [0.2, 0.25) is 0 Å². The summed E-state index contributed by atoms with van der Waals surface area (Å²) < 4.78 is 0. The van der Waals surface area contributed by atoms with E-state index in [1.165, 1.54) is 25.4 Å². The molecule has 0 aliphatic carbocycles. The molecule has 0 N–H and O–H groups in total. The van der Waals surface area contributed by atoms with Gasteiger partial charge < -0.3 is 4.90 Å². The topological polar surface area (TPSA) is 3.24 Å². The van der Waals surface area contributed by atoms with Crippen LogP contribution >= 0.6 is 11.8 Å². The Labute approximate surface area is 48.1 Å². The van der Waals surface area contributed by atoms with Crippen LogP contribution in [0, 0.1) is 0 Å². The van der Waals surface area contributed by atoms with Gasteiger partial charge in [-0.3, -0.25) is 0 Å². The molecule has 3 rings (SSSR count). The third kappa shape index (κ3) is 0.572. The Morgan fingerprint density at radius 3 is 2.43 bits per heavy atom. The molecule has 40 valence electrons. The lowest BCUT2D eigenvalue weighted by molar-refractivity contribution is 0.192. The largest absolute Gasteiger partial charge is 0.300 e. The Hall–Kier alpha value is 0.310. The van der Waals surface area contributed by atoms with E-state index in [0.717, 1.165) is 5.25 Å². The minimum Gasteiger partial charge on any atom is -0.300 e. The average Bonchev–Trinajstić information content (AvgIpc) is 1.67. The first-order valence-corrected chi connectivity index (χ1v) is 3.84. The van der Waals surface area contributed by atoms with E-state index in [-0.39, 0.29) is 0 Å². The number of hydrogen-bond acceptors (Lipinski definition) is 2. The molecule has 3 heterocycles. The Morgan fingerprint density at radius 2 is 2.29 bits per heavy atom. The van der Waals surface area contributed by atoms with Crippen LogP contribution in [0.25, 0.3) is 0 Å². The van der Waals surface area contributed by atoms with Crippen LogP contribution in [0.5, 0.6) is 0 Å². The van der Waals surface area contributed by atoms with Crippen molar-refractivity contribution in [3.63, 3.8) is 0 Å². The van der Waals surface area contributed by atoms with Gasteiger partial charge in [0, 0.05) is 30.6 Å². The molecule has 0 radical (unpaired) electrons. The molecule has 3 saturated heterocycles. The molecule has 0 saturated carbocycles. The normalized spacial score (nSPS) is 48.0. The zero-order valence-electron chi connectivity index (χ0n) is 4.26. The highest BCUT2D eigenvalue weighted by atomic mass is 32.2. The number of nitrogens with zero attached hydrogens (tertiary/aromatic N) is 1. The van der Waals surface area contributed by atoms with E-state index in [1.807, 2.05) is 0 Å². The first-order chi connectivity index (χ1) is 3.45. The fourth-order valence-electron chi connectivity index (χ4n) is 1.16. The van der Waals surface area contributed by atoms with Crippen LogP contribution in [0.1, 0.15) is 0 Å². The number of fused-ring (bicyclic) bond motifs is 2. The van der Waals surface area contributed by atoms with Gasteiger partial charge in [0.1, 0.15) is 0 Å². The van der Waals surface area contributed by atoms with E-state index in [4.69, 9.17) is 0 Å². The summed E-state index contributed by atoms with van der Waals surface area (Å²) in [5.41, 5.74) is 0. The summed E-state index contributed by atoms with van der Waals surface area (Å²) in [6.45, 7) is 4.11. The van der Waals surface area contributed by atoms with E-state index in [1.54, 1.807) is 0 Å². The third-order valence-corrected chi connectivity index (χ3v) is 2.87. The lowest BCUT2D eigenvalue weighted by atomic mass is 10.2.